The van der Waals surface area contributed by atoms with Crippen LogP contribution in [-0.4, -0.2) is 20.7 Å². The van der Waals surface area contributed by atoms with Crippen LogP contribution in [0.4, 0.5) is 0 Å². The number of benzene rings is 1. The maximum Gasteiger partial charge on any atom is 0.242 e. The number of hydrogen-bond acceptors (Lipinski definition) is 3. The SMILES string of the molecule is CC(=O)c1ccc(Cl)c(S(=O)(=O)NCC(C)C)c1. The van der Waals surface area contributed by atoms with Gasteiger partial charge in [-0.15, -0.1) is 0 Å². The van der Waals surface area contributed by atoms with Gasteiger partial charge < -0.3 is 0 Å². The van der Waals surface area contributed by atoms with Crippen molar-refractivity contribution in [3.8, 4) is 0 Å². The lowest BCUT2D eigenvalue weighted by Gasteiger charge is -2.10. The second kappa shape index (κ2) is 5.82. The number of sulfonamides is 1. The number of carbonyl (C=O) groups is 1. The maximum absolute atomic E-state index is 12.0. The molecule has 0 aliphatic rings. The highest BCUT2D eigenvalue weighted by molar-refractivity contribution is 7.89. The monoisotopic (exact) mass is 289 g/mol. The molecule has 0 radical (unpaired) electrons. The van der Waals surface area contributed by atoms with E-state index in [1.54, 1.807) is 0 Å². The highest BCUT2D eigenvalue weighted by Gasteiger charge is 2.19. The number of halogens is 1. The Morgan fingerprint density at radius 3 is 2.50 bits per heavy atom. The Morgan fingerprint density at radius 1 is 1.39 bits per heavy atom. The Kier molecular flexibility index (Phi) is 4.90. The molecule has 0 bridgehead atoms. The summed E-state index contributed by atoms with van der Waals surface area (Å²) in [5, 5.41) is 0.108. The minimum atomic E-state index is -3.68. The number of ketones is 1. The van der Waals surface area contributed by atoms with Crippen LogP contribution in [0.1, 0.15) is 31.1 Å². The van der Waals surface area contributed by atoms with Gasteiger partial charge in [-0.25, -0.2) is 13.1 Å². The number of Topliss-reactive ketones (excluding diaryl/α,β-unsaturated/α-hetero) is 1. The van der Waals surface area contributed by atoms with Crippen molar-refractivity contribution in [2.45, 2.75) is 25.7 Å². The molecule has 0 spiro atoms. The van der Waals surface area contributed by atoms with E-state index in [9.17, 15) is 13.2 Å². The lowest BCUT2D eigenvalue weighted by molar-refractivity contribution is 0.101. The molecule has 0 amide bonds. The molecule has 100 valence electrons. The molecule has 0 fully saturated rings. The molecule has 0 aliphatic carbocycles. The first-order valence-corrected chi connectivity index (χ1v) is 7.40. The summed E-state index contributed by atoms with van der Waals surface area (Å²) >= 11 is 5.87. The van der Waals surface area contributed by atoms with Crippen LogP contribution in [0.3, 0.4) is 0 Å². The van der Waals surface area contributed by atoms with E-state index in [1.165, 1.54) is 25.1 Å². The van der Waals surface area contributed by atoms with Gasteiger partial charge in [0.25, 0.3) is 0 Å². The summed E-state index contributed by atoms with van der Waals surface area (Å²) in [6, 6.07) is 4.22. The van der Waals surface area contributed by atoms with Crippen LogP contribution in [0.15, 0.2) is 23.1 Å². The van der Waals surface area contributed by atoms with Crippen molar-refractivity contribution < 1.29 is 13.2 Å². The van der Waals surface area contributed by atoms with Crippen LogP contribution >= 0.6 is 11.6 Å². The molecule has 6 heteroatoms. The van der Waals surface area contributed by atoms with E-state index in [-0.39, 0.29) is 21.6 Å². The van der Waals surface area contributed by atoms with Crippen LogP contribution in [0, 0.1) is 5.92 Å². The minimum absolute atomic E-state index is 0.0579. The fourth-order valence-electron chi connectivity index (χ4n) is 1.28. The van der Waals surface area contributed by atoms with E-state index < -0.39 is 10.0 Å². The predicted octanol–water partition coefficient (Wildman–Crippen LogP) is 2.48. The summed E-state index contributed by atoms with van der Waals surface area (Å²) in [4.78, 5) is 11.2. The van der Waals surface area contributed by atoms with Crippen LogP contribution in [-0.2, 0) is 10.0 Å². The topological polar surface area (TPSA) is 63.2 Å². The van der Waals surface area contributed by atoms with Gasteiger partial charge in [-0.05, 0) is 31.0 Å². The fraction of sp³-hybridized carbons (Fsp3) is 0.417. The zero-order chi connectivity index (χ0) is 13.9. The van der Waals surface area contributed by atoms with Gasteiger partial charge in [-0.2, -0.15) is 0 Å². The molecule has 1 aromatic carbocycles. The summed E-state index contributed by atoms with van der Waals surface area (Å²) in [6.45, 7) is 5.50. The number of hydrogen-bond donors (Lipinski definition) is 1. The van der Waals surface area contributed by atoms with Crippen molar-refractivity contribution in [1.82, 2.24) is 4.72 Å². The van der Waals surface area contributed by atoms with E-state index in [4.69, 9.17) is 11.6 Å². The third-order valence-electron chi connectivity index (χ3n) is 2.31. The molecule has 1 rings (SSSR count). The van der Waals surface area contributed by atoms with Gasteiger partial charge in [-0.1, -0.05) is 25.4 Å². The lowest BCUT2D eigenvalue weighted by Crippen LogP contribution is -2.28. The van der Waals surface area contributed by atoms with Gasteiger partial charge in [-0.3, -0.25) is 4.79 Å². The summed E-state index contributed by atoms with van der Waals surface area (Å²) in [6.07, 6.45) is 0. The third kappa shape index (κ3) is 3.80. The molecule has 4 nitrogen and oxygen atoms in total. The van der Waals surface area contributed by atoms with Crippen molar-refractivity contribution >= 4 is 27.4 Å². The Bertz CT molecular complexity index is 552. The molecule has 0 aliphatic heterocycles. The molecule has 0 heterocycles. The number of carbonyl (C=O) groups excluding carboxylic acids is 1. The predicted molar refractivity (Wildman–Crippen MR) is 71.5 cm³/mol. The molecule has 0 saturated heterocycles. The molecule has 1 aromatic rings. The van der Waals surface area contributed by atoms with Gasteiger partial charge in [0.1, 0.15) is 4.90 Å². The van der Waals surface area contributed by atoms with E-state index in [0.29, 0.717) is 12.1 Å². The molecular formula is C12H16ClNO3S. The van der Waals surface area contributed by atoms with Gasteiger partial charge in [0.2, 0.25) is 10.0 Å². The molecule has 0 saturated carbocycles. The van der Waals surface area contributed by atoms with E-state index in [1.807, 2.05) is 13.8 Å². The second-order valence-electron chi connectivity index (χ2n) is 4.45. The Balaban J connectivity index is 3.15. The van der Waals surface area contributed by atoms with Crippen LogP contribution in [0.5, 0.6) is 0 Å². The summed E-state index contributed by atoms with van der Waals surface area (Å²) in [7, 11) is -3.68. The molecule has 0 atom stereocenters. The summed E-state index contributed by atoms with van der Waals surface area (Å²) in [5.41, 5.74) is 0.323. The molecule has 0 aromatic heterocycles. The Morgan fingerprint density at radius 2 is 2.00 bits per heavy atom. The van der Waals surface area contributed by atoms with Crippen molar-refractivity contribution in [1.29, 1.82) is 0 Å². The average Bonchev–Trinajstić information content (AvgIpc) is 2.26. The average molecular weight is 290 g/mol. The van der Waals surface area contributed by atoms with E-state index in [0.717, 1.165) is 0 Å². The van der Waals surface area contributed by atoms with Crippen LogP contribution < -0.4 is 4.72 Å². The smallest absolute Gasteiger partial charge is 0.242 e. The van der Waals surface area contributed by atoms with Gasteiger partial charge in [0, 0.05) is 12.1 Å². The van der Waals surface area contributed by atoms with E-state index in [2.05, 4.69) is 4.72 Å². The van der Waals surface area contributed by atoms with Gasteiger partial charge in [0.15, 0.2) is 5.78 Å². The lowest BCUT2D eigenvalue weighted by atomic mass is 10.1. The summed E-state index contributed by atoms with van der Waals surface area (Å²) in [5.74, 6) is -0.0125. The first-order valence-electron chi connectivity index (χ1n) is 5.54. The first kappa shape index (κ1) is 15.1. The number of nitrogens with one attached hydrogen (secondary N) is 1. The maximum atomic E-state index is 12.0. The van der Waals surface area contributed by atoms with Crippen molar-refractivity contribution in [3.05, 3.63) is 28.8 Å². The fourth-order valence-corrected chi connectivity index (χ4v) is 3.02. The highest BCUT2D eigenvalue weighted by Crippen LogP contribution is 2.22. The normalized spacial score (nSPS) is 11.8. The quantitative estimate of drug-likeness (QED) is 0.847. The molecule has 18 heavy (non-hydrogen) atoms. The Labute approximate surface area is 112 Å². The van der Waals surface area contributed by atoms with Crippen LogP contribution in [0.2, 0.25) is 5.02 Å². The highest BCUT2D eigenvalue weighted by atomic mass is 35.5. The van der Waals surface area contributed by atoms with Gasteiger partial charge >= 0.3 is 0 Å². The van der Waals surface area contributed by atoms with Crippen molar-refractivity contribution in [3.63, 3.8) is 0 Å². The molecular weight excluding hydrogens is 274 g/mol. The Hall–Kier alpha value is -0.910. The van der Waals surface area contributed by atoms with E-state index >= 15 is 0 Å². The first-order chi connectivity index (χ1) is 8.24. The van der Waals surface area contributed by atoms with Crippen molar-refractivity contribution in [2.24, 2.45) is 5.92 Å². The zero-order valence-corrected chi connectivity index (χ0v) is 12.1. The van der Waals surface area contributed by atoms with Crippen LogP contribution in [0.25, 0.3) is 0 Å². The third-order valence-corrected chi connectivity index (χ3v) is 4.21. The largest absolute Gasteiger partial charge is 0.295 e. The minimum Gasteiger partial charge on any atom is -0.295 e. The summed E-state index contributed by atoms with van der Waals surface area (Å²) < 4.78 is 26.5. The standard InChI is InChI=1S/C12H16ClNO3S/c1-8(2)7-14-18(16,17)12-6-10(9(3)15)4-5-11(12)13/h4-6,8,14H,7H2,1-3H3. The van der Waals surface area contributed by atoms with Gasteiger partial charge in [0.05, 0.1) is 5.02 Å². The van der Waals surface area contributed by atoms with Crippen molar-refractivity contribution in [2.75, 3.05) is 6.54 Å². The second-order valence-corrected chi connectivity index (χ2v) is 6.59. The molecule has 0 unspecified atom stereocenters. The zero-order valence-electron chi connectivity index (χ0n) is 10.5. The molecule has 1 N–H and O–H groups in total. The number of rotatable bonds is 5.